The van der Waals surface area contributed by atoms with Gasteiger partial charge in [-0.25, -0.2) is 0 Å². The molecule has 0 spiro atoms. The lowest BCUT2D eigenvalue weighted by Gasteiger charge is -2.16. The van der Waals surface area contributed by atoms with Gasteiger partial charge in [-0.15, -0.1) is 0 Å². The van der Waals surface area contributed by atoms with Crippen molar-refractivity contribution in [2.45, 2.75) is 44.9 Å². The predicted octanol–water partition coefficient (Wildman–Crippen LogP) is 1.08. The van der Waals surface area contributed by atoms with E-state index in [9.17, 15) is 0 Å². The first kappa shape index (κ1) is 9.08. The van der Waals surface area contributed by atoms with Crippen molar-refractivity contribution in [2.75, 3.05) is 6.61 Å². The third kappa shape index (κ3) is 2.21. The molecule has 0 N–H and O–H groups in total. The van der Waals surface area contributed by atoms with Crippen LogP contribution < -0.4 is 0 Å². The maximum atomic E-state index is 5.62. The van der Waals surface area contributed by atoms with Crippen LogP contribution in [0.3, 0.4) is 0 Å². The minimum absolute atomic E-state index is 0.114. The van der Waals surface area contributed by atoms with Gasteiger partial charge in [-0.2, -0.15) is 0 Å². The van der Waals surface area contributed by atoms with E-state index >= 15 is 0 Å². The highest BCUT2D eigenvalue weighted by molar-refractivity contribution is 6.11. The Hall–Kier alpha value is -0.0151. The molecule has 3 heteroatoms. The summed E-state index contributed by atoms with van der Waals surface area (Å²) >= 11 is 0. The maximum Gasteiger partial charge on any atom is 0.109 e. The molecular weight excluding hydrogens is 139 g/mol. The van der Waals surface area contributed by atoms with E-state index in [2.05, 4.69) is 6.92 Å². The molecular formula is C8H15BO2. The summed E-state index contributed by atoms with van der Waals surface area (Å²) in [7, 11) is 5.62. The molecule has 1 aliphatic heterocycles. The smallest absolute Gasteiger partial charge is 0.109 e. The highest BCUT2D eigenvalue weighted by Crippen LogP contribution is 2.23. The molecule has 0 saturated carbocycles. The number of hydrogen-bond acceptors (Lipinski definition) is 2. The van der Waals surface area contributed by atoms with Crippen LogP contribution in [0.2, 0.25) is 0 Å². The summed E-state index contributed by atoms with van der Waals surface area (Å²) in [5.41, 5.74) is 0. The van der Waals surface area contributed by atoms with Gasteiger partial charge in [0.05, 0.1) is 12.2 Å². The van der Waals surface area contributed by atoms with Gasteiger partial charge in [0, 0.05) is 12.6 Å². The first-order chi connectivity index (χ1) is 5.27. The van der Waals surface area contributed by atoms with Crippen molar-refractivity contribution in [3.8, 4) is 0 Å². The molecule has 3 atom stereocenters. The van der Waals surface area contributed by atoms with Crippen molar-refractivity contribution < 1.29 is 9.47 Å². The summed E-state index contributed by atoms with van der Waals surface area (Å²) in [5, 5.41) is 0. The monoisotopic (exact) mass is 154 g/mol. The van der Waals surface area contributed by atoms with Crippen LogP contribution in [0.5, 0.6) is 0 Å². The summed E-state index contributed by atoms with van der Waals surface area (Å²) in [5.74, 6) is 0. The van der Waals surface area contributed by atoms with Crippen molar-refractivity contribution in [2.24, 2.45) is 0 Å². The Kier molecular flexibility index (Phi) is 3.40. The van der Waals surface area contributed by atoms with Crippen molar-refractivity contribution >= 4 is 7.85 Å². The molecule has 1 heterocycles. The lowest BCUT2D eigenvalue weighted by Crippen LogP contribution is -2.23. The molecule has 0 aromatic rings. The van der Waals surface area contributed by atoms with Gasteiger partial charge in [-0.1, -0.05) is 6.92 Å². The third-order valence-electron chi connectivity index (χ3n) is 2.01. The second kappa shape index (κ2) is 4.12. The normalized spacial score (nSPS) is 37.8. The zero-order chi connectivity index (χ0) is 8.27. The summed E-state index contributed by atoms with van der Waals surface area (Å²) in [6.45, 7) is 4.84. The molecule has 0 aromatic carbocycles. The van der Waals surface area contributed by atoms with Crippen molar-refractivity contribution in [3.05, 3.63) is 0 Å². The predicted molar refractivity (Wildman–Crippen MR) is 44.7 cm³/mol. The van der Waals surface area contributed by atoms with E-state index in [1.54, 1.807) is 0 Å². The van der Waals surface area contributed by atoms with E-state index in [-0.39, 0.29) is 18.2 Å². The van der Waals surface area contributed by atoms with Crippen LogP contribution in [0, 0.1) is 0 Å². The van der Waals surface area contributed by atoms with Crippen molar-refractivity contribution in [1.29, 1.82) is 0 Å². The largest absolute Gasteiger partial charge is 0.382 e. The second-order valence-corrected chi connectivity index (χ2v) is 2.85. The highest BCUT2D eigenvalue weighted by atomic mass is 16.6. The lowest BCUT2D eigenvalue weighted by molar-refractivity contribution is -0.00943. The Morgan fingerprint density at radius 3 is 2.82 bits per heavy atom. The average molecular weight is 154 g/mol. The van der Waals surface area contributed by atoms with E-state index in [4.69, 9.17) is 17.3 Å². The van der Waals surface area contributed by atoms with Gasteiger partial charge in [0.15, 0.2) is 0 Å². The number of hydrogen-bond donors (Lipinski definition) is 0. The van der Waals surface area contributed by atoms with Gasteiger partial charge in [0.25, 0.3) is 0 Å². The van der Waals surface area contributed by atoms with Crippen molar-refractivity contribution in [3.63, 3.8) is 0 Å². The minimum atomic E-state index is -0.114. The quantitative estimate of drug-likeness (QED) is 0.566. The number of rotatable bonds is 3. The van der Waals surface area contributed by atoms with E-state index in [0.29, 0.717) is 0 Å². The first-order valence-corrected chi connectivity index (χ1v) is 4.30. The summed E-state index contributed by atoms with van der Waals surface area (Å²) in [6, 6.07) is -0.114. The molecule has 11 heavy (non-hydrogen) atoms. The van der Waals surface area contributed by atoms with Crippen LogP contribution in [0.1, 0.15) is 26.7 Å². The zero-order valence-electron chi connectivity index (χ0n) is 7.25. The molecule has 2 nitrogen and oxygen atoms in total. The molecule has 1 saturated heterocycles. The Balaban J connectivity index is 2.37. The van der Waals surface area contributed by atoms with Gasteiger partial charge in [-0.05, 0) is 19.8 Å². The molecule has 1 fully saturated rings. The van der Waals surface area contributed by atoms with Gasteiger partial charge in [-0.3, -0.25) is 0 Å². The maximum absolute atomic E-state index is 5.62. The topological polar surface area (TPSA) is 18.5 Å². The van der Waals surface area contributed by atoms with Crippen LogP contribution >= 0.6 is 0 Å². The fraction of sp³-hybridized carbons (Fsp3) is 1.00. The van der Waals surface area contributed by atoms with E-state index < -0.39 is 0 Å². The molecule has 0 aromatic heterocycles. The Morgan fingerprint density at radius 1 is 1.55 bits per heavy atom. The number of ether oxygens (including phenoxy) is 2. The van der Waals surface area contributed by atoms with Crippen LogP contribution in [0.25, 0.3) is 0 Å². The molecule has 62 valence electrons. The minimum Gasteiger partial charge on any atom is -0.382 e. The fourth-order valence-electron chi connectivity index (χ4n) is 1.50. The molecule has 1 aliphatic rings. The molecule has 2 radical (unpaired) electrons. The highest BCUT2D eigenvalue weighted by Gasteiger charge is 2.31. The van der Waals surface area contributed by atoms with E-state index in [1.165, 1.54) is 0 Å². The molecule has 1 rings (SSSR count). The van der Waals surface area contributed by atoms with Crippen LogP contribution in [-0.2, 0) is 9.47 Å². The summed E-state index contributed by atoms with van der Waals surface area (Å²) < 4.78 is 10.9. The first-order valence-electron chi connectivity index (χ1n) is 4.30. The van der Waals surface area contributed by atoms with Crippen LogP contribution in [0.15, 0.2) is 0 Å². The Labute approximate surface area is 69.7 Å². The third-order valence-corrected chi connectivity index (χ3v) is 2.01. The molecule has 0 aliphatic carbocycles. The van der Waals surface area contributed by atoms with Gasteiger partial charge < -0.3 is 9.47 Å². The zero-order valence-corrected chi connectivity index (χ0v) is 7.25. The summed E-state index contributed by atoms with van der Waals surface area (Å²) in [4.78, 5) is 0. The fourth-order valence-corrected chi connectivity index (χ4v) is 1.50. The Bertz CT molecular complexity index is 119. The van der Waals surface area contributed by atoms with Gasteiger partial charge in [0.1, 0.15) is 7.85 Å². The Morgan fingerprint density at radius 2 is 2.27 bits per heavy atom. The molecule has 3 unspecified atom stereocenters. The second-order valence-electron chi connectivity index (χ2n) is 2.85. The molecule has 0 amide bonds. The van der Waals surface area contributed by atoms with E-state index in [0.717, 1.165) is 19.4 Å². The average Bonchev–Trinajstić information content (AvgIpc) is 2.32. The van der Waals surface area contributed by atoms with Crippen LogP contribution in [0.4, 0.5) is 0 Å². The standard InChI is InChI=1S/C8H15BO2/c1-3-6-7(10-4-2)5-8(9)11-6/h6-8H,3-5H2,1-2H3. The van der Waals surface area contributed by atoms with Gasteiger partial charge >= 0.3 is 0 Å². The van der Waals surface area contributed by atoms with Crippen molar-refractivity contribution in [1.82, 2.24) is 0 Å². The lowest BCUT2D eigenvalue weighted by atomic mass is 9.96. The SMILES string of the molecule is [B]C1CC(OCC)C(CC)O1. The van der Waals surface area contributed by atoms with E-state index in [1.807, 2.05) is 6.92 Å². The van der Waals surface area contributed by atoms with Crippen LogP contribution in [-0.4, -0.2) is 32.7 Å². The summed E-state index contributed by atoms with van der Waals surface area (Å²) in [6.07, 6.45) is 2.26. The molecule has 0 bridgehead atoms. The van der Waals surface area contributed by atoms with Gasteiger partial charge in [0.2, 0.25) is 0 Å².